The number of rotatable bonds is 43. The molecule has 0 saturated heterocycles. The molecule has 2 rings (SSSR count). The highest BCUT2D eigenvalue weighted by molar-refractivity contribution is 8.14. The number of amides is 12. The number of hydrogen-bond acceptors (Lipinski definition) is 20. The highest BCUT2D eigenvalue weighted by Gasteiger charge is 2.29. The minimum absolute atomic E-state index is 0.0274. The van der Waals surface area contributed by atoms with Crippen LogP contribution in [0.2, 0.25) is 10.0 Å². The van der Waals surface area contributed by atoms with Crippen molar-refractivity contribution in [3.8, 4) is 0 Å². The van der Waals surface area contributed by atoms with Crippen LogP contribution in [0.1, 0.15) is 89.9 Å². The maximum absolute atomic E-state index is 12.8. The second kappa shape index (κ2) is 43.8. The van der Waals surface area contributed by atoms with Crippen molar-refractivity contribution in [1.82, 2.24) is 53.2 Å². The second-order valence-electron chi connectivity index (χ2n) is 19.5. The van der Waals surface area contributed by atoms with Gasteiger partial charge in [-0.2, -0.15) is 10.1 Å². The van der Waals surface area contributed by atoms with E-state index < -0.39 is 156 Å². The van der Waals surface area contributed by atoms with Crippen molar-refractivity contribution in [2.24, 2.45) is 0 Å². The number of carboxylic acid groups (broad SMARTS) is 4. The Hall–Kier alpha value is -8.84. The molecule has 0 unspecified atom stereocenters. The van der Waals surface area contributed by atoms with Crippen LogP contribution in [0, 0.1) is 0 Å². The van der Waals surface area contributed by atoms with Crippen molar-refractivity contribution in [2.45, 2.75) is 114 Å². The Bertz CT molecular complexity index is 2730. The summed E-state index contributed by atoms with van der Waals surface area (Å²) in [7, 11) is 0. The molecule has 0 bridgehead atoms. The maximum Gasteiger partial charge on any atom is 0.326 e. The minimum Gasteiger partial charge on any atom is -0.480 e. The Morgan fingerprint density at radius 3 is 0.957 bits per heavy atom. The third-order valence-electron chi connectivity index (χ3n) is 12.2. The lowest BCUT2D eigenvalue weighted by Gasteiger charge is -2.20. The van der Waals surface area contributed by atoms with Crippen LogP contribution in [0.15, 0.2) is 48.5 Å². The smallest absolute Gasteiger partial charge is 0.326 e. The summed E-state index contributed by atoms with van der Waals surface area (Å²) in [4.78, 5) is 196. The van der Waals surface area contributed by atoms with E-state index in [1.165, 1.54) is 48.5 Å². The zero-order chi connectivity index (χ0) is 68.7. The normalized spacial score (nSPS) is 11.9. The van der Waals surface area contributed by atoms with Crippen LogP contribution in [0.5, 0.6) is 0 Å². The molecule has 0 aliphatic rings. The molecule has 38 heteroatoms. The number of carboxylic acids is 4. The van der Waals surface area contributed by atoms with E-state index in [0.29, 0.717) is 59.3 Å². The SMILES string of the molecule is O=C(O)CNC(=O)[C@H](CSC(=O)N(O)c1ccc(Cl)cc1)NC(=O)CC[C@H](NC(=O)CCNC(=O)CCNC(=O)CCCCCCC(=O)NCCC(=O)NCCC(=O)N[C@@H](CCC(=O)N[C@@H](CSC(=O)N(O)c1ccc(Cl)cc1)C(=O)NCC(=O)O)C(=O)O)C(=O)O. The summed E-state index contributed by atoms with van der Waals surface area (Å²) in [5.41, 5.74) is 0.0547. The molecule has 0 radical (unpaired) electrons. The molecule has 16 N–H and O–H groups in total. The van der Waals surface area contributed by atoms with E-state index in [4.69, 9.17) is 33.4 Å². The molecule has 92 heavy (non-hydrogen) atoms. The van der Waals surface area contributed by atoms with Crippen molar-refractivity contribution in [3.63, 3.8) is 0 Å². The number of halogens is 2. The van der Waals surface area contributed by atoms with Crippen molar-refractivity contribution < 1.29 is 108 Å². The molecule has 4 atom stereocenters. The second-order valence-corrected chi connectivity index (χ2v) is 22.3. The first kappa shape index (κ1) is 79.3. The number of hydroxylamine groups is 2. The quantitative estimate of drug-likeness (QED) is 0.0240. The molecule has 0 aliphatic carbocycles. The molecule has 12 amide bonds. The topological polar surface area (TPSA) is 521 Å². The zero-order valence-corrected chi connectivity index (χ0v) is 52.3. The molecule has 0 fully saturated rings. The summed E-state index contributed by atoms with van der Waals surface area (Å²) in [6, 6.07) is 4.68. The molecule has 0 aromatic heterocycles. The zero-order valence-electron chi connectivity index (χ0n) is 49.2. The summed E-state index contributed by atoms with van der Waals surface area (Å²) in [6.07, 6.45) is -0.704. The number of unbranched alkanes of at least 4 members (excludes halogenated alkanes) is 3. The standard InChI is InChI=1S/C54H72Cl2N12O22S2/c55-31-7-11-33(12-8-31)67(89)53(87)91-29-37(49(81)61-27-47(77)78)65-43(73)17-15-35(51(83)84)63-45(75)21-25-59-41(71)19-23-57-39(69)5-3-1-2-4-6-40(70)58-24-20-42(72)60-26-22-46(76)64-36(52(85)86)16-18-44(74)66-38(50(82)62-28-48(79)80)30-92-54(88)68(90)34-13-9-32(56)10-14-34/h7-14,35-38,89-90H,1-6,15-30H2,(H,57,69)(H,58,70)(H,59,71)(H,60,72)(H,61,81)(H,62,82)(H,63,75)(H,64,76)(H,65,73)(H,66,74)(H,77,78)(H,79,80)(H,83,84)(H,85,86)/t35-,36-,37-,38-/m0/s1. The lowest BCUT2D eigenvalue weighted by molar-refractivity contribution is -0.142. The predicted octanol–water partition coefficient (Wildman–Crippen LogP) is 0.227. The Kier molecular flexibility index (Phi) is 37.7. The lowest BCUT2D eigenvalue weighted by Crippen LogP contribution is -2.50. The molecule has 506 valence electrons. The first-order valence-corrected chi connectivity index (χ1v) is 30.8. The number of nitrogens with zero attached hydrogens (tertiary/aromatic N) is 2. The van der Waals surface area contributed by atoms with Crippen LogP contribution in [-0.2, 0) is 67.1 Å². The van der Waals surface area contributed by atoms with Gasteiger partial charge in [0.1, 0.15) is 37.3 Å². The molecule has 0 spiro atoms. The van der Waals surface area contributed by atoms with E-state index in [0.717, 1.165) is 0 Å². The number of thioether (sulfide) groups is 2. The lowest BCUT2D eigenvalue weighted by atomic mass is 10.1. The van der Waals surface area contributed by atoms with E-state index in [1.54, 1.807) is 0 Å². The number of aliphatic carboxylic acids is 4. The molecular weight excluding hydrogens is 1300 g/mol. The van der Waals surface area contributed by atoms with Crippen molar-refractivity contribution >= 4 is 152 Å². The van der Waals surface area contributed by atoms with Crippen LogP contribution >= 0.6 is 46.7 Å². The van der Waals surface area contributed by atoms with E-state index >= 15 is 0 Å². The van der Waals surface area contributed by atoms with Gasteiger partial charge in [-0.15, -0.1) is 0 Å². The van der Waals surface area contributed by atoms with Gasteiger partial charge in [-0.25, -0.2) is 9.59 Å². The van der Waals surface area contributed by atoms with Gasteiger partial charge in [0.25, 0.3) is 0 Å². The van der Waals surface area contributed by atoms with Crippen LogP contribution < -0.4 is 63.3 Å². The van der Waals surface area contributed by atoms with Crippen LogP contribution in [-0.4, -0.2) is 199 Å². The molecular formula is C54H72Cl2N12O22S2. The summed E-state index contributed by atoms with van der Waals surface area (Å²) in [6.45, 7) is -2.16. The molecule has 34 nitrogen and oxygen atoms in total. The monoisotopic (exact) mass is 1370 g/mol. The first-order chi connectivity index (χ1) is 43.5. The van der Waals surface area contributed by atoms with Crippen LogP contribution in [0.25, 0.3) is 0 Å². The van der Waals surface area contributed by atoms with Gasteiger partial charge in [0.2, 0.25) is 59.1 Å². The van der Waals surface area contributed by atoms with E-state index in [9.17, 15) is 97.3 Å². The van der Waals surface area contributed by atoms with Crippen molar-refractivity contribution in [2.75, 3.05) is 60.9 Å². The number of hydrogen-bond donors (Lipinski definition) is 16. The molecule has 0 heterocycles. The number of anilines is 2. The summed E-state index contributed by atoms with van der Waals surface area (Å²) in [5, 5.41) is 80.1. The van der Waals surface area contributed by atoms with Gasteiger partial charge in [0.15, 0.2) is 0 Å². The van der Waals surface area contributed by atoms with Gasteiger partial charge >= 0.3 is 34.4 Å². The third kappa shape index (κ3) is 34.9. The fraction of sp³-hybridized carbons (Fsp3) is 0.481. The highest BCUT2D eigenvalue weighted by Crippen LogP contribution is 2.22. The van der Waals surface area contributed by atoms with Crippen molar-refractivity contribution in [3.05, 3.63) is 58.6 Å². The van der Waals surface area contributed by atoms with Crippen molar-refractivity contribution in [1.29, 1.82) is 0 Å². The molecule has 2 aromatic rings. The van der Waals surface area contributed by atoms with Gasteiger partial charge < -0.3 is 73.6 Å². The molecule has 0 saturated carbocycles. The minimum atomic E-state index is -1.59. The number of carbonyl (C=O) groups is 16. The molecule has 0 aliphatic heterocycles. The van der Waals surface area contributed by atoms with Gasteiger partial charge in [0.05, 0.1) is 11.4 Å². The largest absolute Gasteiger partial charge is 0.480 e. The van der Waals surface area contributed by atoms with Gasteiger partial charge in [-0.05, 0) is 74.2 Å². The van der Waals surface area contributed by atoms with Gasteiger partial charge in [-0.1, -0.05) is 59.6 Å². The van der Waals surface area contributed by atoms with E-state index in [2.05, 4.69) is 53.2 Å². The van der Waals surface area contributed by atoms with E-state index in [1.807, 2.05) is 0 Å². The Morgan fingerprint density at radius 1 is 0.370 bits per heavy atom. The van der Waals surface area contributed by atoms with Gasteiger partial charge in [0, 0.05) is 99.1 Å². The average Bonchev–Trinajstić information content (AvgIpc) is 1.14. The first-order valence-electron chi connectivity index (χ1n) is 28.1. The van der Waals surface area contributed by atoms with Gasteiger partial charge in [-0.3, -0.25) is 77.5 Å². The number of nitrogens with one attached hydrogen (secondary N) is 10. The third-order valence-corrected chi connectivity index (χ3v) is 14.6. The molecule has 2 aromatic carbocycles. The Labute approximate surface area is 543 Å². The van der Waals surface area contributed by atoms with E-state index in [-0.39, 0.29) is 98.0 Å². The number of benzene rings is 2. The summed E-state index contributed by atoms with van der Waals surface area (Å²) < 4.78 is 0. The highest BCUT2D eigenvalue weighted by atomic mass is 35.5. The summed E-state index contributed by atoms with van der Waals surface area (Å²) >= 11 is 12.4. The fourth-order valence-electron chi connectivity index (χ4n) is 7.42. The van der Waals surface area contributed by atoms with Crippen LogP contribution in [0.4, 0.5) is 21.0 Å². The average molecular weight is 1380 g/mol. The van der Waals surface area contributed by atoms with Crippen LogP contribution in [0.3, 0.4) is 0 Å². The Morgan fingerprint density at radius 2 is 0.652 bits per heavy atom. The summed E-state index contributed by atoms with van der Waals surface area (Å²) in [5.74, 6) is -14.0. The fourth-order valence-corrected chi connectivity index (χ4v) is 9.21. The Balaban J connectivity index is 1.59. The predicted molar refractivity (Wildman–Crippen MR) is 328 cm³/mol. The number of carbonyl (C=O) groups excluding carboxylic acids is 12. The maximum atomic E-state index is 12.8.